The van der Waals surface area contributed by atoms with Crippen molar-refractivity contribution in [2.45, 2.75) is 0 Å². The Bertz CT molecular complexity index is 152. The largest absolute Gasteiger partial charge is 1.00 e. The van der Waals surface area contributed by atoms with Crippen molar-refractivity contribution in [3.8, 4) is 0 Å². The van der Waals surface area contributed by atoms with Crippen molar-refractivity contribution >= 4 is 11.6 Å². The monoisotopic (exact) mass is 255 g/mol. The number of hydrogen-bond acceptors (Lipinski definition) is 0. The van der Waals surface area contributed by atoms with Crippen LogP contribution in [0.2, 0.25) is 5.02 Å². The van der Waals surface area contributed by atoms with E-state index in [4.69, 9.17) is 11.6 Å². The molecule has 0 spiro atoms. The molecule has 0 radical (unpaired) electrons. The average molecular weight is 255 g/mol. The molecule has 1 rings (SSSR count). The molecule has 0 aliphatic rings. The van der Waals surface area contributed by atoms with Crippen molar-refractivity contribution in [1.82, 2.24) is 0 Å². The van der Waals surface area contributed by atoms with E-state index in [1.54, 1.807) is 0 Å². The van der Waals surface area contributed by atoms with E-state index in [0.29, 0.717) is 0 Å². The number of halogens is 2. The lowest BCUT2D eigenvalue weighted by molar-refractivity contribution is -0.671. The quantitative estimate of drug-likeness (QED) is 0.379. The summed E-state index contributed by atoms with van der Waals surface area (Å²) in [7, 11) is 1.95. The van der Waals surface area contributed by atoms with E-state index < -0.39 is 0 Å². The maximum Gasteiger partial charge on any atom is 0.170 e. The molecule has 0 unspecified atom stereocenters. The van der Waals surface area contributed by atoms with Crippen LogP contribution in [-0.4, -0.2) is 0 Å². The SMILES string of the molecule is C[n+]1ccc(Cl)cc1.[I-]. The van der Waals surface area contributed by atoms with E-state index >= 15 is 0 Å². The van der Waals surface area contributed by atoms with Crippen molar-refractivity contribution in [3.63, 3.8) is 0 Å². The van der Waals surface area contributed by atoms with E-state index in [2.05, 4.69) is 0 Å². The molecule has 0 aliphatic carbocycles. The van der Waals surface area contributed by atoms with Crippen LogP contribution in [0.5, 0.6) is 0 Å². The van der Waals surface area contributed by atoms with Gasteiger partial charge in [-0.2, -0.15) is 0 Å². The normalized spacial score (nSPS) is 8.22. The van der Waals surface area contributed by atoms with E-state index in [0.717, 1.165) is 5.02 Å². The van der Waals surface area contributed by atoms with Crippen molar-refractivity contribution < 1.29 is 28.5 Å². The Hall–Kier alpha value is 0.170. The number of nitrogens with zero attached hydrogens (tertiary/aromatic N) is 1. The first-order valence-corrected chi connectivity index (χ1v) is 2.77. The van der Waals surface area contributed by atoms with E-state index in [9.17, 15) is 0 Å². The first-order chi connectivity index (χ1) is 3.79. The molecule has 1 aromatic heterocycles. The molecule has 0 fully saturated rings. The Morgan fingerprint density at radius 2 is 1.78 bits per heavy atom. The zero-order valence-electron chi connectivity index (χ0n) is 5.01. The van der Waals surface area contributed by atoms with Gasteiger partial charge in [-0.05, 0) is 0 Å². The van der Waals surface area contributed by atoms with Crippen molar-refractivity contribution in [2.75, 3.05) is 0 Å². The molecule has 3 heteroatoms. The lowest BCUT2D eigenvalue weighted by atomic mass is 10.5. The highest BCUT2D eigenvalue weighted by molar-refractivity contribution is 6.30. The molecule has 0 aliphatic heterocycles. The maximum absolute atomic E-state index is 5.60. The lowest BCUT2D eigenvalue weighted by Crippen LogP contribution is -3.00. The summed E-state index contributed by atoms with van der Waals surface area (Å²) >= 11 is 5.60. The number of aryl methyl sites for hydroxylation is 1. The molecule has 0 aromatic carbocycles. The molecule has 0 atom stereocenters. The minimum absolute atomic E-state index is 0. The predicted octanol–water partition coefficient (Wildman–Crippen LogP) is -1.83. The number of hydrogen-bond donors (Lipinski definition) is 0. The van der Waals surface area contributed by atoms with Gasteiger partial charge in [-0.15, -0.1) is 0 Å². The standard InChI is InChI=1S/C6H7ClN.HI/c1-8-4-2-6(7)3-5-8;/h2-5H,1H3;1H/q+1;/p-1. The summed E-state index contributed by atoms with van der Waals surface area (Å²) in [6.07, 6.45) is 3.81. The minimum Gasteiger partial charge on any atom is -1.00 e. The summed E-state index contributed by atoms with van der Waals surface area (Å²) < 4.78 is 1.94. The average Bonchev–Trinajstić information content (AvgIpc) is 1.77. The van der Waals surface area contributed by atoms with Crippen LogP contribution >= 0.6 is 11.6 Å². The third-order valence-corrected chi connectivity index (χ3v) is 1.19. The van der Waals surface area contributed by atoms with E-state index in [-0.39, 0.29) is 24.0 Å². The predicted molar refractivity (Wildman–Crippen MR) is 32.6 cm³/mol. The second-order valence-electron chi connectivity index (χ2n) is 1.68. The van der Waals surface area contributed by atoms with Gasteiger partial charge < -0.3 is 24.0 Å². The Labute approximate surface area is 76.7 Å². The summed E-state index contributed by atoms with van der Waals surface area (Å²) in [5.41, 5.74) is 0. The minimum atomic E-state index is 0. The Morgan fingerprint density at radius 3 is 2.11 bits per heavy atom. The topological polar surface area (TPSA) is 3.88 Å². The van der Waals surface area contributed by atoms with Gasteiger partial charge in [-0.3, -0.25) is 0 Å². The van der Waals surface area contributed by atoms with Gasteiger partial charge in [0.25, 0.3) is 0 Å². The van der Waals surface area contributed by atoms with Crippen LogP contribution < -0.4 is 28.5 Å². The Morgan fingerprint density at radius 1 is 1.33 bits per heavy atom. The molecule has 1 nitrogen and oxygen atoms in total. The molecule has 0 bridgehead atoms. The summed E-state index contributed by atoms with van der Waals surface area (Å²) in [6, 6.07) is 3.70. The van der Waals surface area contributed by atoms with Crippen LogP contribution in [0.25, 0.3) is 0 Å². The highest BCUT2D eigenvalue weighted by Crippen LogP contribution is 2.00. The second-order valence-corrected chi connectivity index (χ2v) is 2.12. The van der Waals surface area contributed by atoms with E-state index in [1.165, 1.54) is 0 Å². The molecule has 0 N–H and O–H groups in total. The van der Waals surface area contributed by atoms with Gasteiger partial charge in [-0.1, -0.05) is 11.6 Å². The molecular weight excluding hydrogens is 248 g/mol. The first-order valence-electron chi connectivity index (χ1n) is 2.40. The lowest BCUT2D eigenvalue weighted by Gasteiger charge is -1.83. The summed E-state index contributed by atoms with van der Waals surface area (Å²) in [5, 5.41) is 0.781. The van der Waals surface area contributed by atoms with Crippen LogP contribution in [-0.2, 0) is 7.05 Å². The number of rotatable bonds is 0. The van der Waals surface area contributed by atoms with Crippen LogP contribution in [0.4, 0.5) is 0 Å². The van der Waals surface area contributed by atoms with Crippen molar-refractivity contribution in [1.29, 1.82) is 0 Å². The van der Waals surface area contributed by atoms with Gasteiger partial charge in [0, 0.05) is 12.1 Å². The molecule has 0 saturated carbocycles. The fourth-order valence-electron chi connectivity index (χ4n) is 0.483. The fraction of sp³-hybridized carbons (Fsp3) is 0.167. The molecule has 0 amide bonds. The highest BCUT2D eigenvalue weighted by Gasteiger charge is 1.87. The molecule has 1 aromatic rings. The molecule has 1 heterocycles. The van der Waals surface area contributed by atoms with Crippen LogP contribution in [0, 0.1) is 0 Å². The van der Waals surface area contributed by atoms with Crippen molar-refractivity contribution in [2.24, 2.45) is 7.05 Å². The van der Waals surface area contributed by atoms with E-state index in [1.807, 2.05) is 36.1 Å². The molecule has 0 saturated heterocycles. The van der Waals surface area contributed by atoms with Gasteiger partial charge in [0.1, 0.15) is 7.05 Å². The van der Waals surface area contributed by atoms with Gasteiger partial charge in [-0.25, -0.2) is 4.57 Å². The van der Waals surface area contributed by atoms with Gasteiger partial charge in [0.2, 0.25) is 0 Å². The van der Waals surface area contributed by atoms with Crippen LogP contribution in [0.15, 0.2) is 24.5 Å². The third-order valence-electron chi connectivity index (χ3n) is 0.938. The number of pyridine rings is 1. The Kier molecular flexibility index (Phi) is 4.14. The molecule has 9 heavy (non-hydrogen) atoms. The van der Waals surface area contributed by atoms with Gasteiger partial charge in [0.15, 0.2) is 12.4 Å². The first kappa shape index (κ1) is 9.17. The summed E-state index contributed by atoms with van der Waals surface area (Å²) in [5.74, 6) is 0. The highest BCUT2D eigenvalue weighted by atomic mass is 127. The number of aromatic nitrogens is 1. The maximum atomic E-state index is 5.60. The smallest absolute Gasteiger partial charge is 0.170 e. The zero-order chi connectivity index (χ0) is 5.98. The van der Waals surface area contributed by atoms with Crippen molar-refractivity contribution in [3.05, 3.63) is 29.5 Å². The molecular formula is C6H7ClIN. The molecule has 50 valence electrons. The van der Waals surface area contributed by atoms with Gasteiger partial charge in [0.05, 0.1) is 5.02 Å². The summed E-state index contributed by atoms with van der Waals surface area (Å²) in [6.45, 7) is 0. The third kappa shape index (κ3) is 3.01. The summed E-state index contributed by atoms with van der Waals surface area (Å²) in [4.78, 5) is 0. The van der Waals surface area contributed by atoms with Crippen LogP contribution in [0.1, 0.15) is 0 Å². The van der Waals surface area contributed by atoms with Gasteiger partial charge >= 0.3 is 0 Å². The zero-order valence-corrected chi connectivity index (χ0v) is 7.93. The fourth-order valence-corrected chi connectivity index (χ4v) is 0.595. The Balaban J connectivity index is 0.000000640. The van der Waals surface area contributed by atoms with Crippen LogP contribution in [0.3, 0.4) is 0 Å². The second kappa shape index (κ2) is 4.06.